The maximum absolute atomic E-state index is 5.84. The smallest absolute Gasteiger partial charge is 0.203 e. The average Bonchev–Trinajstić information content (AvgIpc) is 2.99. The topological polar surface area (TPSA) is 37.3 Å². The van der Waals surface area contributed by atoms with Crippen molar-refractivity contribution >= 4 is 50.2 Å². The van der Waals surface area contributed by atoms with Crippen LogP contribution in [0.2, 0.25) is 5.02 Å². The first-order valence-electron chi connectivity index (χ1n) is 6.47. The van der Waals surface area contributed by atoms with Crippen LogP contribution in [0.4, 0.5) is 5.13 Å². The lowest BCUT2D eigenvalue weighted by molar-refractivity contribution is 1.29. The van der Waals surface area contributed by atoms with Crippen molar-refractivity contribution in [3.8, 4) is 11.3 Å². The standard InChI is InChI=1S/C16H11BrClN3S/c17-13-5-3-12(4-6-13)15-10-22-16(20-15)21-19-9-11-1-7-14(18)8-2-11/h1-10H,(H,20,21)/b19-9-. The minimum absolute atomic E-state index is 0.712. The van der Waals surface area contributed by atoms with Gasteiger partial charge in [-0.1, -0.05) is 51.8 Å². The number of rotatable bonds is 4. The number of aromatic nitrogens is 1. The molecule has 2 aromatic carbocycles. The molecule has 0 unspecified atom stereocenters. The molecule has 0 amide bonds. The van der Waals surface area contributed by atoms with Crippen molar-refractivity contribution in [3.05, 3.63) is 69.0 Å². The SMILES string of the molecule is Clc1ccc(/C=N\Nc2nc(-c3ccc(Br)cc3)cs2)cc1. The van der Waals surface area contributed by atoms with Gasteiger partial charge in [0.25, 0.3) is 0 Å². The number of nitrogens with one attached hydrogen (secondary N) is 1. The van der Waals surface area contributed by atoms with Crippen molar-refractivity contribution in [3.63, 3.8) is 0 Å². The second kappa shape index (κ2) is 7.05. The number of hydrazone groups is 1. The van der Waals surface area contributed by atoms with Crippen LogP contribution >= 0.6 is 38.9 Å². The normalized spacial score (nSPS) is 11.0. The monoisotopic (exact) mass is 391 g/mol. The molecule has 0 aliphatic rings. The molecule has 0 bridgehead atoms. The summed E-state index contributed by atoms with van der Waals surface area (Å²) in [5.41, 5.74) is 5.93. The summed E-state index contributed by atoms with van der Waals surface area (Å²) in [6, 6.07) is 15.5. The molecule has 0 radical (unpaired) electrons. The van der Waals surface area contributed by atoms with Crippen molar-refractivity contribution in [2.45, 2.75) is 0 Å². The third-order valence-corrected chi connectivity index (χ3v) is 4.42. The molecular formula is C16H11BrClN3S. The van der Waals surface area contributed by atoms with Gasteiger partial charge in [0.15, 0.2) is 0 Å². The maximum atomic E-state index is 5.84. The molecule has 3 rings (SSSR count). The van der Waals surface area contributed by atoms with Gasteiger partial charge >= 0.3 is 0 Å². The van der Waals surface area contributed by atoms with Gasteiger partial charge < -0.3 is 0 Å². The van der Waals surface area contributed by atoms with Gasteiger partial charge in [-0.15, -0.1) is 11.3 Å². The summed E-state index contributed by atoms with van der Waals surface area (Å²) in [6.45, 7) is 0. The van der Waals surface area contributed by atoms with Crippen LogP contribution in [0.1, 0.15) is 5.56 Å². The third-order valence-electron chi connectivity index (χ3n) is 2.89. The first kappa shape index (κ1) is 15.2. The van der Waals surface area contributed by atoms with E-state index >= 15 is 0 Å². The number of thiazole rings is 1. The zero-order chi connectivity index (χ0) is 15.4. The van der Waals surface area contributed by atoms with Gasteiger partial charge in [0.2, 0.25) is 5.13 Å². The van der Waals surface area contributed by atoms with Crippen molar-refractivity contribution in [2.75, 3.05) is 5.43 Å². The van der Waals surface area contributed by atoms with E-state index in [1.807, 2.05) is 53.9 Å². The quantitative estimate of drug-likeness (QED) is 0.458. The van der Waals surface area contributed by atoms with Crippen LogP contribution in [0.25, 0.3) is 11.3 Å². The van der Waals surface area contributed by atoms with Gasteiger partial charge in [0.05, 0.1) is 11.9 Å². The van der Waals surface area contributed by atoms with Crippen LogP contribution < -0.4 is 5.43 Å². The highest BCUT2D eigenvalue weighted by atomic mass is 79.9. The highest BCUT2D eigenvalue weighted by Gasteiger charge is 2.03. The molecule has 0 aliphatic heterocycles. The Morgan fingerprint density at radius 3 is 2.55 bits per heavy atom. The number of benzene rings is 2. The van der Waals surface area contributed by atoms with Gasteiger partial charge in [-0.3, -0.25) is 5.43 Å². The first-order chi connectivity index (χ1) is 10.7. The zero-order valence-corrected chi connectivity index (χ0v) is 14.5. The fourth-order valence-corrected chi connectivity index (χ4v) is 2.85. The van der Waals surface area contributed by atoms with E-state index in [9.17, 15) is 0 Å². The van der Waals surface area contributed by atoms with E-state index in [4.69, 9.17) is 11.6 Å². The van der Waals surface area contributed by atoms with Gasteiger partial charge in [-0.05, 0) is 29.8 Å². The Morgan fingerprint density at radius 2 is 1.82 bits per heavy atom. The van der Waals surface area contributed by atoms with Crippen LogP contribution in [0.3, 0.4) is 0 Å². The van der Waals surface area contributed by atoms with E-state index in [2.05, 4.69) is 31.4 Å². The first-order valence-corrected chi connectivity index (χ1v) is 8.52. The minimum Gasteiger partial charge on any atom is -0.253 e. The highest BCUT2D eigenvalue weighted by Crippen LogP contribution is 2.26. The Kier molecular flexibility index (Phi) is 4.87. The Bertz CT molecular complexity index is 782. The van der Waals surface area contributed by atoms with E-state index in [1.165, 1.54) is 11.3 Å². The van der Waals surface area contributed by atoms with Gasteiger partial charge in [-0.2, -0.15) is 5.10 Å². The lowest BCUT2D eigenvalue weighted by Crippen LogP contribution is -1.90. The van der Waals surface area contributed by atoms with Crippen molar-refractivity contribution in [2.24, 2.45) is 5.10 Å². The minimum atomic E-state index is 0.712. The maximum Gasteiger partial charge on any atom is 0.203 e. The second-order valence-electron chi connectivity index (χ2n) is 4.47. The van der Waals surface area contributed by atoms with E-state index in [1.54, 1.807) is 6.21 Å². The Labute approximate surface area is 145 Å². The van der Waals surface area contributed by atoms with Gasteiger partial charge in [0.1, 0.15) is 0 Å². The summed E-state index contributed by atoms with van der Waals surface area (Å²) < 4.78 is 1.05. The predicted molar refractivity (Wildman–Crippen MR) is 97.9 cm³/mol. The molecule has 3 aromatic rings. The van der Waals surface area contributed by atoms with Crippen molar-refractivity contribution < 1.29 is 0 Å². The molecule has 0 fully saturated rings. The van der Waals surface area contributed by atoms with Crippen LogP contribution in [-0.4, -0.2) is 11.2 Å². The molecule has 1 N–H and O–H groups in total. The Balaban J connectivity index is 1.66. The number of nitrogens with zero attached hydrogens (tertiary/aromatic N) is 2. The lowest BCUT2D eigenvalue weighted by atomic mass is 10.2. The number of anilines is 1. The molecule has 110 valence electrons. The second-order valence-corrected chi connectivity index (χ2v) is 6.68. The Morgan fingerprint density at radius 1 is 1.09 bits per heavy atom. The molecule has 0 aliphatic carbocycles. The fourth-order valence-electron chi connectivity index (χ4n) is 1.79. The van der Waals surface area contributed by atoms with Crippen LogP contribution in [-0.2, 0) is 0 Å². The predicted octanol–water partition coefficient (Wildman–Crippen LogP) is 5.67. The number of hydrogen-bond donors (Lipinski definition) is 1. The van der Waals surface area contributed by atoms with Crippen LogP contribution in [0.5, 0.6) is 0 Å². The molecule has 22 heavy (non-hydrogen) atoms. The molecular weight excluding hydrogens is 382 g/mol. The summed E-state index contributed by atoms with van der Waals surface area (Å²) in [4.78, 5) is 4.51. The van der Waals surface area contributed by atoms with E-state index < -0.39 is 0 Å². The highest BCUT2D eigenvalue weighted by molar-refractivity contribution is 9.10. The fraction of sp³-hybridized carbons (Fsp3) is 0. The van der Waals surface area contributed by atoms with E-state index in [0.717, 1.165) is 26.4 Å². The third kappa shape index (κ3) is 3.94. The van der Waals surface area contributed by atoms with E-state index in [-0.39, 0.29) is 0 Å². The summed E-state index contributed by atoms with van der Waals surface area (Å²) in [6.07, 6.45) is 1.73. The molecule has 0 atom stereocenters. The molecule has 0 spiro atoms. The molecule has 1 aromatic heterocycles. The summed E-state index contributed by atoms with van der Waals surface area (Å²) in [7, 11) is 0. The Hall–Kier alpha value is -1.69. The van der Waals surface area contributed by atoms with Crippen LogP contribution in [0.15, 0.2) is 63.5 Å². The summed E-state index contributed by atoms with van der Waals surface area (Å²) >= 11 is 10.8. The molecule has 6 heteroatoms. The van der Waals surface area contributed by atoms with E-state index in [0.29, 0.717) is 5.02 Å². The largest absolute Gasteiger partial charge is 0.253 e. The molecule has 3 nitrogen and oxygen atoms in total. The molecule has 0 saturated carbocycles. The summed E-state index contributed by atoms with van der Waals surface area (Å²) in [5, 5.41) is 7.65. The van der Waals surface area contributed by atoms with Crippen LogP contribution in [0, 0.1) is 0 Å². The number of halogens is 2. The van der Waals surface area contributed by atoms with Crippen molar-refractivity contribution in [1.82, 2.24) is 4.98 Å². The number of hydrogen-bond acceptors (Lipinski definition) is 4. The lowest BCUT2D eigenvalue weighted by Gasteiger charge is -1.97. The summed E-state index contributed by atoms with van der Waals surface area (Å²) in [5.74, 6) is 0. The van der Waals surface area contributed by atoms with Crippen molar-refractivity contribution in [1.29, 1.82) is 0 Å². The molecule has 1 heterocycles. The van der Waals surface area contributed by atoms with Gasteiger partial charge in [0, 0.05) is 20.4 Å². The molecule has 0 saturated heterocycles. The zero-order valence-electron chi connectivity index (χ0n) is 11.3. The van der Waals surface area contributed by atoms with Gasteiger partial charge in [-0.25, -0.2) is 4.98 Å². The average molecular weight is 393 g/mol.